The monoisotopic (exact) mass is 520 g/mol. The first-order valence-corrected chi connectivity index (χ1v) is 14.2. The molecule has 146 valence electrons. The third kappa shape index (κ3) is 3.66. The standard InChI is InChI=1S/C14H15.C13H12Br.Zr/c1-12(11-13-7-5-6-8-13)14-9-3-2-4-10-14;1-8-5-10-7-9-3-2-4-11(9)13(14)12(10)6-8;/h2-10,12H,11H2,1H3;5-7H,2-4H2,1H3;. The number of allylic oxidation sites excluding steroid dienone is 5. The summed E-state index contributed by atoms with van der Waals surface area (Å²) in [6.07, 6.45) is 17.2. The van der Waals surface area contributed by atoms with Crippen molar-refractivity contribution in [2.45, 2.75) is 52.2 Å². The van der Waals surface area contributed by atoms with E-state index in [1.54, 1.807) is 22.3 Å². The summed E-state index contributed by atoms with van der Waals surface area (Å²) in [5, 5.41) is 0. The molecule has 2 aromatic rings. The fourth-order valence-electron chi connectivity index (χ4n) is 5.34. The molecule has 5 rings (SSSR count). The van der Waals surface area contributed by atoms with Crippen molar-refractivity contribution in [3.05, 3.63) is 98.6 Å². The van der Waals surface area contributed by atoms with Crippen LogP contribution in [0.5, 0.6) is 0 Å². The summed E-state index contributed by atoms with van der Waals surface area (Å²) >= 11 is 3.18. The molecule has 0 fully saturated rings. The summed E-state index contributed by atoms with van der Waals surface area (Å²) < 4.78 is 2.39. The van der Waals surface area contributed by atoms with Crippen LogP contribution in [0.3, 0.4) is 0 Å². The number of hydrogen-bond acceptors (Lipinski definition) is 0. The second-order valence-electron chi connectivity index (χ2n) is 8.92. The molecular formula is C27H27BrZr. The Morgan fingerprint density at radius 2 is 1.90 bits per heavy atom. The van der Waals surface area contributed by atoms with Crippen molar-refractivity contribution in [1.82, 2.24) is 0 Å². The van der Waals surface area contributed by atoms with Crippen molar-refractivity contribution in [1.29, 1.82) is 0 Å². The quantitative estimate of drug-likeness (QED) is 0.374. The van der Waals surface area contributed by atoms with Crippen LogP contribution in [0.15, 0.2) is 70.7 Å². The molecule has 0 saturated heterocycles. The van der Waals surface area contributed by atoms with Gasteiger partial charge < -0.3 is 0 Å². The van der Waals surface area contributed by atoms with Gasteiger partial charge in [-0.2, -0.15) is 0 Å². The third-order valence-corrected chi connectivity index (χ3v) is 13.0. The van der Waals surface area contributed by atoms with E-state index in [1.165, 1.54) is 41.3 Å². The Labute approximate surface area is 194 Å². The van der Waals surface area contributed by atoms with Gasteiger partial charge in [0.2, 0.25) is 0 Å². The minimum absolute atomic E-state index is 0.311. The van der Waals surface area contributed by atoms with Crippen LogP contribution in [0.2, 0.25) is 3.12 Å². The number of benzene rings is 2. The topological polar surface area (TPSA) is 0 Å². The van der Waals surface area contributed by atoms with Crippen molar-refractivity contribution in [2.24, 2.45) is 0 Å². The Balaban J connectivity index is 1.46. The summed E-state index contributed by atoms with van der Waals surface area (Å²) in [5.74, 6) is 0.585. The van der Waals surface area contributed by atoms with Crippen LogP contribution in [0.4, 0.5) is 0 Å². The molecule has 29 heavy (non-hydrogen) atoms. The van der Waals surface area contributed by atoms with E-state index in [2.05, 4.69) is 96.6 Å². The number of rotatable bonds is 5. The SMILES string of the molecule is CC1=Cc2c(cc3c(c2Br)CCC3)[CH]1[Zr][C]1(CC(C)c2ccccc2)C=CC=C1. The van der Waals surface area contributed by atoms with E-state index in [0.29, 0.717) is 12.7 Å². The van der Waals surface area contributed by atoms with Crippen LogP contribution in [0.1, 0.15) is 64.1 Å². The molecule has 0 bridgehead atoms. The first kappa shape index (κ1) is 20.0. The van der Waals surface area contributed by atoms with Crippen molar-refractivity contribution in [3.63, 3.8) is 0 Å². The van der Waals surface area contributed by atoms with Crippen LogP contribution in [0, 0.1) is 0 Å². The predicted octanol–water partition coefficient (Wildman–Crippen LogP) is 7.96. The molecule has 0 aliphatic heterocycles. The normalized spacial score (nSPS) is 21.8. The Bertz CT molecular complexity index is 1020. The van der Waals surface area contributed by atoms with Gasteiger partial charge in [-0.05, 0) is 0 Å². The van der Waals surface area contributed by atoms with Crippen molar-refractivity contribution in [2.75, 3.05) is 0 Å². The molecule has 0 amide bonds. The summed E-state index contributed by atoms with van der Waals surface area (Å²) in [4.78, 5) is 0. The Morgan fingerprint density at radius 1 is 1.14 bits per heavy atom. The van der Waals surface area contributed by atoms with E-state index in [-0.39, 0.29) is 0 Å². The molecule has 0 radical (unpaired) electrons. The maximum absolute atomic E-state index is 3.98. The first-order chi connectivity index (χ1) is 14.1. The van der Waals surface area contributed by atoms with Crippen molar-refractivity contribution < 1.29 is 23.2 Å². The van der Waals surface area contributed by atoms with Gasteiger partial charge in [-0.1, -0.05) is 0 Å². The molecule has 0 N–H and O–H groups in total. The molecule has 2 aromatic carbocycles. The zero-order valence-corrected chi connectivity index (χ0v) is 21.3. The molecule has 2 unspecified atom stereocenters. The average molecular weight is 523 g/mol. The maximum atomic E-state index is 3.98. The fourth-order valence-corrected chi connectivity index (χ4v) is 11.2. The number of aryl methyl sites for hydroxylation is 1. The molecule has 0 nitrogen and oxygen atoms in total. The van der Waals surface area contributed by atoms with Crippen LogP contribution in [0.25, 0.3) is 6.08 Å². The van der Waals surface area contributed by atoms with Crippen LogP contribution >= 0.6 is 15.9 Å². The second kappa shape index (κ2) is 7.94. The molecule has 3 aliphatic rings. The van der Waals surface area contributed by atoms with E-state index in [4.69, 9.17) is 0 Å². The minimum atomic E-state index is -0.800. The van der Waals surface area contributed by atoms with Crippen molar-refractivity contribution >= 4 is 22.0 Å². The Kier molecular flexibility index (Phi) is 5.46. The first-order valence-electron chi connectivity index (χ1n) is 10.8. The fraction of sp³-hybridized carbons (Fsp3) is 0.333. The van der Waals surface area contributed by atoms with Gasteiger partial charge in [0.05, 0.1) is 0 Å². The summed E-state index contributed by atoms with van der Waals surface area (Å²) in [6.45, 7) is 4.78. The predicted molar refractivity (Wildman–Crippen MR) is 123 cm³/mol. The molecular weight excluding hydrogens is 495 g/mol. The van der Waals surface area contributed by atoms with Crippen molar-refractivity contribution in [3.8, 4) is 0 Å². The van der Waals surface area contributed by atoms with E-state index < -0.39 is 23.2 Å². The zero-order valence-electron chi connectivity index (χ0n) is 17.2. The van der Waals surface area contributed by atoms with E-state index in [9.17, 15) is 0 Å². The summed E-state index contributed by atoms with van der Waals surface area (Å²) in [6, 6.07) is 13.6. The number of fused-ring (bicyclic) bond motifs is 2. The van der Waals surface area contributed by atoms with Gasteiger partial charge >= 0.3 is 196 Å². The van der Waals surface area contributed by atoms with Gasteiger partial charge in [0, 0.05) is 0 Å². The number of halogens is 1. The second-order valence-corrected chi connectivity index (χ2v) is 14.1. The van der Waals surface area contributed by atoms with Gasteiger partial charge in [-0.3, -0.25) is 0 Å². The van der Waals surface area contributed by atoms with Gasteiger partial charge in [0.1, 0.15) is 0 Å². The van der Waals surface area contributed by atoms with E-state index in [0.717, 1.165) is 0 Å². The Morgan fingerprint density at radius 3 is 2.66 bits per heavy atom. The van der Waals surface area contributed by atoms with Crippen LogP contribution in [-0.2, 0) is 36.1 Å². The van der Waals surface area contributed by atoms with E-state index in [1.807, 2.05) is 0 Å². The van der Waals surface area contributed by atoms with Gasteiger partial charge in [0.25, 0.3) is 0 Å². The molecule has 0 heterocycles. The zero-order chi connectivity index (χ0) is 20.0. The number of hydrogen-bond donors (Lipinski definition) is 0. The van der Waals surface area contributed by atoms with Gasteiger partial charge in [0.15, 0.2) is 0 Å². The van der Waals surface area contributed by atoms with Gasteiger partial charge in [-0.15, -0.1) is 0 Å². The van der Waals surface area contributed by atoms with Gasteiger partial charge in [-0.25, -0.2) is 0 Å². The Hall–Kier alpha value is -0.977. The average Bonchev–Trinajstić information content (AvgIpc) is 3.45. The third-order valence-electron chi connectivity index (χ3n) is 6.87. The van der Waals surface area contributed by atoms with Crippen LogP contribution < -0.4 is 0 Å². The molecule has 2 atom stereocenters. The summed E-state index contributed by atoms with van der Waals surface area (Å²) in [5.41, 5.74) is 9.36. The molecule has 0 spiro atoms. The van der Waals surface area contributed by atoms with E-state index >= 15 is 0 Å². The van der Waals surface area contributed by atoms with Crippen LogP contribution in [-0.4, -0.2) is 0 Å². The molecule has 3 aliphatic carbocycles. The molecule has 2 heteroatoms. The summed E-state index contributed by atoms with van der Waals surface area (Å²) in [7, 11) is 0. The molecule has 0 saturated carbocycles. The molecule has 0 aromatic heterocycles.